The number of carbonyl (C=O) groups excluding carboxylic acids is 1. The predicted molar refractivity (Wildman–Crippen MR) is 49.1 cm³/mol. The van der Waals surface area contributed by atoms with Gasteiger partial charge in [-0.05, 0) is 5.75 Å². The lowest BCUT2D eigenvalue weighted by molar-refractivity contribution is -0.124. The second-order valence-electron chi connectivity index (χ2n) is 2.46. The molecule has 0 aromatic carbocycles. The zero-order chi connectivity index (χ0) is 8.85. The Morgan fingerprint density at radius 3 is 2.55 bits per heavy atom. The van der Waals surface area contributed by atoms with Gasteiger partial charge in [-0.15, -0.1) is 0 Å². The van der Waals surface area contributed by atoms with Gasteiger partial charge in [0.15, 0.2) is 0 Å². The van der Waals surface area contributed by atoms with Crippen LogP contribution in [0.5, 0.6) is 0 Å². The number of carbonyl (C=O) groups is 1. The Hall–Kier alpha value is -0.220. The van der Waals surface area contributed by atoms with E-state index >= 15 is 0 Å². The molecule has 66 valence electrons. The van der Waals surface area contributed by atoms with Crippen LogP contribution in [0.15, 0.2) is 0 Å². The number of rotatable bonds is 4. The van der Waals surface area contributed by atoms with Gasteiger partial charge >= 0.3 is 0 Å². The van der Waals surface area contributed by atoms with Crippen molar-refractivity contribution in [3.05, 3.63) is 0 Å². The van der Waals surface area contributed by atoms with Crippen molar-refractivity contribution in [2.75, 3.05) is 5.75 Å². The molecule has 11 heavy (non-hydrogen) atoms. The first kappa shape index (κ1) is 10.8. The molecule has 0 aliphatic carbocycles. The number of thioether (sulfide) groups is 1. The van der Waals surface area contributed by atoms with Crippen molar-refractivity contribution in [1.29, 1.82) is 0 Å². The number of hydrogen-bond acceptors (Lipinski definition) is 3. The van der Waals surface area contributed by atoms with E-state index < -0.39 is 0 Å². The molecule has 0 bridgehead atoms. The molecule has 2 unspecified atom stereocenters. The zero-order valence-corrected chi connectivity index (χ0v) is 8.07. The first-order chi connectivity index (χ1) is 5.13. The Balaban J connectivity index is 3.80. The highest BCUT2D eigenvalue weighted by molar-refractivity contribution is 7.99. The molecule has 0 fully saturated rings. The largest absolute Gasteiger partial charge is 0.294 e. The van der Waals surface area contributed by atoms with Crippen molar-refractivity contribution in [2.24, 2.45) is 11.8 Å². The lowest BCUT2D eigenvalue weighted by atomic mass is 10.1. The molecule has 0 spiro atoms. The summed E-state index contributed by atoms with van der Waals surface area (Å²) in [6.07, 6.45) is 0. The van der Waals surface area contributed by atoms with Crippen LogP contribution in [0, 0.1) is 5.92 Å². The molecule has 3 nitrogen and oxygen atoms in total. The predicted octanol–water partition coefficient (Wildman–Crippen LogP) is 0.754. The van der Waals surface area contributed by atoms with Crippen molar-refractivity contribution in [3.8, 4) is 0 Å². The second-order valence-corrected chi connectivity index (χ2v) is 4.11. The van der Waals surface area contributed by atoms with Gasteiger partial charge in [-0.3, -0.25) is 10.2 Å². The number of hydrazine groups is 1. The molecule has 0 saturated carbocycles. The molecule has 0 rings (SSSR count). The maximum absolute atomic E-state index is 11.0. The fraction of sp³-hybridized carbons (Fsp3) is 0.857. The lowest BCUT2D eigenvalue weighted by Crippen LogP contribution is -2.38. The highest BCUT2D eigenvalue weighted by atomic mass is 32.2. The second kappa shape index (κ2) is 5.43. The summed E-state index contributed by atoms with van der Waals surface area (Å²) in [6, 6.07) is 0. The fourth-order valence-electron chi connectivity index (χ4n) is 0.752. The van der Waals surface area contributed by atoms with Crippen molar-refractivity contribution < 1.29 is 4.79 Å². The third-order valence-electron chi connectivity index (χ3n) is 1.69. The number of nitrogens with two attached hydrogens (primary N) is 1. The first-order valence-corrected chi connectivity index (χ1v) is 4.80. The van der Waals surface area contributed by atoms with Crippen molar-refractivity contribution in [1.82, 2.24) is 5.43 Å². The van der Waals surface area contributed by atoms with Crippen molar-refractivity contribution >= 4 is 17.7 Å². The van der Waals surface area contributed by atoms with E-state index in [1.54, 1.807) is 11.8 Å². The van der Waals surface area contributed by atoms with Crippen LogP contribution in [0.25, 0.3) is 0 Å². The number of nitrogens with one attached hydrogen (secondary N) is 1. The van der Waals surface area contributed by atoms with Crippen LogP contribution in [-0.4, -0.2) is 16.9 Å². The highest BCUT2D eigenvalue weighted by Crippen LogP contribution is 2.18. The summed E-state index contributed by atoms with van der Waals surface area (Å²) in [5, 5.41) is 0.337. The molecule has 0 aromatic heterocycles. The van der Waals surface area contributed by atoms with Crippen LogP contribution in [0.4, 0.5) is 0 Å². The van der Waals surface area contributed by atoms with Gasteiger partial charge < -0.3 is 0 Å². The highest BCUT2D eigenvalue weighted by Gasteiger charge is 2.18. The average molecular weight is 176 g/mol. The van der Waals surface area contributed by atoms with E-state index in [0.29, 0.717) is 5.25 Å². The molecule has 0 radical (unpaired) electrons. The normalized spacial score (nSPS) is 15.6. The van der Waals surface area contributed by atoms with Gasteiger partial charge in [-0.2, -0.15) is 11.8 Å². The van der Waals surface area contributed by atoms with E-state index in [-0.39, 0.29) is 11.8 Å². The Labute approximate surface area is 72.1 Å². The smallest absolute Gasteiger partial charge is 0.237 e. The molecule has 1 amide bonds. The van der Waals surface area contributed by atoms with E-state index in [1.807, 2.05) is 13.8 Å². The van der Waals surface area contributed by atoms with E-state index in [2.05, 4.69) is 12.3 Å². The Kier molecular flexibility index (Phi) is 5.32. The SMILES string of the molecule is CCSC(C)C(C)C(=O)NN. The Bertz CT molecular complexity index is 130. The molecule has 0 heterocycles. The topological polar surface area (TPSA) is 55.1 Å². The minimum Gasteiger partial charge on any atom is -0.294 e. The van der Waals surface area contributed by atoms with Crippen molar-refractivity contribution in [3.63, 3.8) is 0 Å². The summed E-state index contributed by atoms with van der Waals surface area (Å²) in [5.74, 6) is 5.94. The maximum Gasteiger partial charge on any atom is 0.237 e. The summed E-state index contributed by atoms with van der Waals surface area (Å²) in [4.78, 5) is 11.0. The lowest BCUT2D eigenvalue weighted by Gasteiger charge is -2.16. The zero-order valence-electron chi connectivity index (χ0n) is 7.26. The van der Waals surface area contributed by atoms with Crippen molar-refractivity contribution in [2.45, 2.75) is 26.0 Å². The van der Waals surface area contributed by atoms with Crippen LogP contribution in [0.3, 0.4) is 0 Å². The van der Waals surface area contributed by atoms with Gasteiger partial charge in [-0.1, -0.05) is 20.8 Å². The van der Waals surface area contributed by atoms with Crippen LogP contribution < -0.4 is 11.3 Å². The summed E-state index contributed by atoms with van der Waals surface area (Å²) in [5.41, 5.74) is 2.15. The summed E-state index contributed by atoms with van der Waals surface area (Å²) in [7, 11) is 0. The van der Waals surface area contributed by atoms with E-state index in [9.17, 15) is 4.79 Å². The first-order valence-electron chi connectivity index (χ1n) is 3.75. The van der Waals surface area contributed by atoms with Gasteiger partial charge in [0.1, 0.15) is 0 Å². The van der Waals surface area contributed by atoms with E-state index in [0.717, 1.165) is 5.75 Å². The minimum absolute atomic E-state index is 0.00931. The van der Waals surface area contributed by atoms with Gasteiger partial charge in [0, 0.05) is 11.2 Å². The summed E-state index contributed by atoms with van der Waals surface area (Å²) >= 11 is 1.77. The quantitative estimate of drug-likeness (QED) is 0.377. The van der Waals surface area contributed by atoms with Gasteiger partial charge in [0.25, 0.3) is 0 Å². The Morgan fingerprint density at radius 2 is 2.18 bits per heavy atom. The molecule has 2 atom stereocenters. The monoisotopic (exact) mass is 176 g/mol. The standard InChI is InChI=1S/C7H16N2OS/c1-4-11-6(3)5(2)7(10)9-8/h5-6H,4,8H2,1-3H3,(H,9,10). The van der Waals surface area contributed by atoms with Crippen LogP contribution >= 0.6 is 11.8 Å². The van der Waals surface area contributed by atoms with Crippen LogP contribution in [0.1, 0.15) is 20.8 Å². The molecule has 0 aromatic rings. The number of amides is 1. The molecule has 4 heteroatoms. The molecule has 0 saturated heterocycles. The van der Waals surface area contributed by atoms with Gasteiger partial charge in [0.2, 0.25) is 5.91 Å². The van der Waals surface area contributed by atoms with Crippen LogP contribution in [-0.2, 0) is 4.79 Å². The van der Waals surface area contributed by atoms with E-state index in [1.165, 1.54) is 0 Å². The molecule has 0 aliphatic rings. The summed E-state index contributed by atoms with van der Waals surface area (Å²) in [6.45, 7) is 6.00. The maximum atomic E-state index is 11.0. The minimum atomic E-state index is -0.0848. The molecule has 0 aliphatic heterocycles. The third kappa shape index (κ3) is 3.62. The molecular formula is C7H16N2OS. The third-order valence-corrected chi connectivity index (χ3v) is 2.96. The average Bonchev–Trinajstić information content (AvgIpc) is 2.02. The molecular weight excluding hydrogens is 160 g/mol. The fourth-order valence-corrected chi connectivity index (χ4v) is 1.69. The Morgan fingerprint density at radius 1 is 1.64 bits per heavy atom. The van der Waals surface area contributed by atoms with Gasteiger partial charge in [-0.25, -0.2) is 5.84 Å². The van der Waals surface area contributed by atoms with E-state index in [4.69, 9.17) is 5.84 Å². The van der Waals surface area contributed by atoms with Gasteiger partial charge in [0.05, 0.1) is 0 Å². The molecule has 3 N–H and O–H groups in total. The summed E-state index contributed by atoms with van der Waals surface area (Å²) < 4.78 is 0. The number of hydrogen-bond donors (Lipinski definition) is 2. The van der Waals surface area contributed by atoms with Crippen LogP contribution in [0.2, 0.25) is 0 Å².